The van der Waals surface area contributed by atoms with Gasteiger partial charge in [0.05, 0.1) is 5.69 Å². The van der Waals surface area contributed by atoms with Crippen molar-refractivity contribution in [3.63, 3.8) is 0 Å². The van der Waals surface area contributed by atoms with Gasteiger partial charge in [0.2, 0.25) is 0 Å². The molecule has 1 aromatic carbocycles. The van der Waals surface area contributed by atoms with E-state index >= 15 is 0 Å². The van der Waals surface area contributed by atoms with Gasteiger partial charge in [0, 0.05) is 48.0 Å². The third-order valence-corrected chi connectivity index (χ3v) is 4.86. The minimum atomic E-state index is -0.0752. The Labute approximate surface area is 150 Å². The number of nitrogens with zero attached hydrogens (tertiary/aromatic N) is 2. The Morgan fingerprint density at radius 1 is 1.24 bits per heavy atom. The van der Waals surface area contributed by atoms with Crippen LogP contribution < -0.4 is 10.6 Å². The summed E-state index contributed by atoms with van der Waals surface area (Å²) in [5.74, 6) is -0.0752. The molecule has 2 N–H and O–H groups in total. The Balaban J connectivity index is 1.89. The van der Waals surface area contributed by atoms with Crippen LogP contribution in [-0.4, -0.2) is 22.0 Å². The van der Waals surface area contributed by atoms with Gasteiger partial charge in [-0.2, -0.15) is 0 Å². The third kappa shape index (κ3) is 2.76. The fourth-order valence-corrected chi connectivity index (χ4v) is 3.28. The summed E-state index contributed by atoms with van der Waals surface area (Å²) in [5, 5.41) is 7.04. The van der Waals surface area contributed by atoms with Crippen molar-refractivity contribution in [2.24, 2.45) is 0 Å². The largest absolute Gasteiger partial charge is 0.353 e. The number of pyridine rings is 1. The zero-order valence-corrected chi connectivity index (χ0v) is 14.5. The van der Waals surface area contributed by atoms with E-state index < -0.39 is 0 Å². The number of hydrogen-bond donors (Lipinski definition) is 2. The first-order valence-electron chi connectivity index (χ1n) is 8.09. The summed E-state index contributed by atoms with van der Waals surface area (Å²) in [7, 11) is 0. The molecule has 0 bridgehead atoms. The first-order chi connectivity index (χ1) is 12.1. The summed E-state index contributed by atoms with van der Waals surface area (Å²) in [4.78, 5) is 16.6. The van der Waals surface area contributed by atoms with Gasteiger partial charge in [-0.3, -0.25) is 9.78 Å². The summed E-state index contributed by atoms with van der Waals surface area (Å²) < 4.78 is 2.00. The van der Waals surface area contributed by atoms with Crippen LogP contribution in [0.25, 0.3) is 11.1 Å². The molecule has 3 heterocycles. The Kier molecular flexibility index (Phi) is 3.93. The molecule has 0 fully saturated rings. The molecule has 126 valence electrons. The van der Waals surface area contributed by atoms with Gasteiger partial charge in [0.1, 0.15) is 5.69 Å². The van der Waals surface area contributed by atoms with Gasteiger partial charge in [-0.25, -0.2) is 0 Å². The molecule has 1 aliphatic rings. The summed E-state index contributed by atoms with van der Waals surface area (Å²) in [6, 6.07) is 9.59. The second kappa shape index (κ2) is 6.26. The number of carbonyl (C=O) groups excluding carboxylic acids is 1. The predicted molar refractivity (Wildman–Crippen MR) is 99.5 cm³/mol. The lowest BCUT2D eigenvalue weighted by Gasteiger charge is -2.18. The minimum Gasteiger partial charge on any atom is -0.353 e. The second-order valence-electron chi connectivity index (χ2n) is 5.99. The van der Waals surface area contributed by atoms with E-state index in [1.165, 1.54) is 0 Å². The highest BCUT2D eigenvalue weighted by Gasteiger charge is 2.25. The quantitative estimate of drug-likeness (QED) is 0.749. The fraction of sp³-hybridized carbons (Fsp3) is 0.158. The van der Waals surface area contributed by atoms with Crippen molar-refractivity contribution in [2.45, 2.75) is 13.5 Å². The van der Waals surface area contributed by atoms with E-state index in [1.54, 1.807) is 12.4 Å². The highest BCUT2D eigenvalue weighted by Crippen LogP contribution is 2.37. The number of benzene rings is 1. The summed E-state index contributed by atoms with van der Waals surface area (Å²) in [6.07, 6.45) is 5.52. The standard InChI is InChI=1S/C19H17ClN4O/c1-12-15(20)3-2-4-16(12)23-17-14(13-5-7-21-8-6-13)11-24-10-9-22-19(25)18(17)24/h2-8,11,23H,9-10H2,1H3,(H,22,25). The van der Waals surface area contributed by atoms with Crippen LogP contribution in [0.1, 0.15) is 16.1 Å². The van der Waals surface area contributed by atoms with E-state index in [-0.39, 0.29) is 5.91 Å². The van der Waals surface area contributed by atoms with Crippen LogP contribution >= 0.6 is 11.6 Å². The molecular weight excluding hydrogens is 336 g/mol. The number of nitrogens with one attached hydrogen (secondary N) is 2. The molecule has 1 aliphatic heterocycles. The summed E-state index contributed by atoms with van der Waals surface area (Å²) in [5.41, 5.74) is 5.23. The van der Waals surface area contributed by atoms with Crippen molar-refractivity contribution in [3.8, 4) is 11.1 Å². The maximum absolute atomic E-state index is 12.5. The molecule has 5 nitrogen and oxygen atoms in total. The Morgan fingerprint density at radius 3 is 2.84 bits per heavy atom. The van der Waals surface area contributed by atoms with Crippen LogP contribution in [0.2, 0.25) is 5.02 Å². The molecule has 4 rings (SSSR count). The molecule has 0 radical (unpaired) electrons. The summed E-state index contributed by atoms with van der Waals surface area (Å²) in [6.45, 7) is 3.33. The van der Waals surface area contributed by atoms with Gasteiger partial charge >= 0.3 is 0 Å². The SMILES string of the molecule is Cc1c(Cl)cccc1Nc1c(-c2ccncc2)cn2c1C(=O)NCC2. The molecule has 0 unspecified atom stereocenters. The number of aromatic nitrogens is 2. The van der Waals surface area contributed by atoms with Gasteiger partial charge < -0.3 is 15.2 Å². The lowest BCUT2D eigenvalue weighted by molar-refractivity contribution is 0.0929. The van der Waals surface area contributed by atoms with Crippen LogP contribution in [0.3, 0.4) is 0 Å². The molecule has 3 aromatic rings. The van der Waals surface area contributed by atoms with Gasteiger partial charge in [0.25, 0.3) is 5.91 Å². The number of carbonyl (C=O) groups is 1. The number of fused-ring (bicyclic) bond motifs is 1. The van der Waals surface area contributed by atoms with Crippen LogP contribution in [0.4, 0.5) is 11.4 Å². The highest BCUT2D eigenvalue weighted by atomic mass is 35.5. The van der Waals surface area contributed by atoms with Gasteiger partial charge in [-0.05, 0) is 42.3 Å². The molecule has 0 aliphatic carbocycles. The first kappa shape index (κ1) is 15.7. The Hall–Kier alpha value is -2.79. The van der Waals surface area contributed by atoms with Crippen LogP contribution in [-0.2, 0) is 6.54 Å². The smallest absolute Gasteiger partial charge is 0.270 e. The van der Waals surface area contributed by atoms with E-state index in [4.69, 9.17) is 11.6 Å². The van der Waals surface area contributed by atoms with Gasteiger partial charge in [-0.1, -0.05) is 17.7 Å². The van der Waals surface area contributed by atoms with Crippen LogP contribution in [0, 0.1) is 6.92 Å². The monoisotopic (exact) mass is 352 g/mol. The van der Waals surface area contributed by atoms with Crippen molar-refractivity contribution >= 4 is 28.9 Å². The van der Waals surface area contributed by atoms with E-state index in [2.05, 4.69) is 15.6 Å². The molecule has 0 atom stereocenters. The predicted octanol–water partition coefficient (Wildman–Crippen LogP) is 4.00. The number of hydrogen-bond acceptors (Lipinski definition) is 3. The Bertz CT molecular complexity index is 950. The van der Waals surface area contributed by atoms with Crippen molar-refractivity contribution in [1.29, 1.82) is 0 Å². The van der Waals surface area contributed by atoms with Gasteiger partial charge in [0.15, 0.2) is 0 Å². The van der Waals surface area contributed by atoms with Crippen LogP contribution in [0.15, 0.2) is 48.9 Å². The maximum Gasteiger partial charge on any atom is 0.270 e. The van der Waals surface area contributed by atoms with E-state index in [0.717, 1.165) is 34.6 Å². The Morgan fingerprint density at radius 2 is 2.04 bits per heavy atom. The molecule has 0 spiro atoms. The first-order valence-corrected chi connectivity index (χ1v) is 8.47. The van der Waals surface area contributed by atoms with E-state index in [1.807, 2.05) is 48.0 Å². The molecule has 25 heavy (non-hydrogen) atoms. The summed E-state index contributed by atoms with van der Waals surface area (Å²) >= 11 is 6.25. The van der Waals surface area contributed by atoms with Crippen molar-refractivity contribution in [2.75, 3.05) is 11.9 Å². The van der Waals surface area contributed by atoms with Gasteiger partial charge in [-0.15, -0.1) is 0 Å². The zero-order valence-electron chi connectivity index (χ0n) is 13.7. The average Bonchev–Trinajstić information content (AvgIpc) is 2.99. The molecule has 0 saturated carbocycles. The number of rotatable bonds is 3. The molecule has 2 aromatic heterocycles. The molecule has 0 saturated heterocycles. The topological polar surface area (TPSA) is 59.0 Å². The van der Waals surface area contributed by atoms with Crippen molar-refractivity contribution < 1.29 is 4.79 Å². The van der Waals surface area contributed by atoms with E-state index in [0.29, 0.717) is 17.3 Å². The maximum atomic E-state index is 12.5. The number of anilines is 2. The minimum absolute atomic E-state index is 0.0752. The third-order valence-electron chi connectivity index (χ3n) is 4.45. The zero-order chi connectivity index (χ0) is 17.4. The fourth-order valence-electron chi connectivity index (χ4n) is 3.10. The average molecular weight is 353 g/mol. The van der Waals surface area contributed by atoms with Crippen molar-refractivity contribution in [3.05, 3.63) is 65.2 Å². The normalized spacial score (nSPS) is 13.3. The second-order valence-corrected chi connectivity index (χ2v) is 6.40. The van der Waals surface area contributed by atoms with Crippen LogP contribution in [0.5, 0.6) is 0 Å². The molecule has 1 amide bonds. The van der Waals surface area contributed by atoms with Crippen molar-refractivity contribution in [1.82, 2.24) is 14.9 Å². The number of halogens is 1. The molecular formula is C19H17ClN4O. The lowest BCUT2D eigenvalue weighted by Crippen LogP contribution is -2.35. The molecule has 6 heteroatoms. The lowest BCUT2D eigenvalue weighted by atomic mass is 10.1. The highest BCUT2D eigenvalue weighted by molar-refractivity contribution is 6.31. The number of amides is 1. The van der Waals surface area contributed by atoms with E-state index in [9.17, 15) is 4.79 Å².